The van der Waals surface area contributed by atoms with E-state index in [1.54, 1.807) is 0 Å². The van der Waals surface area contributed by atoms with Crippen molar-refractivity contribution in [3.8, 4) is 0 Å². The summed E-state index contributed by atoms with van der Waals surface area (Å²) in [4.78, 5) is 12.0. The fraction of sp³-hybridized carbons (Fsp3) is 0.278. The Morgan fingerprint density at radius 1 is 1.00 bits per heavy atom. The lowest BCUT2D eigenvalue weighted by Crippen LogP contribution is -2.51. The molecule has 22 heavy (non-hydrogen) atoms. The summed E-state index contributed by atoms with van der Waals surface area (Å²) < 4.78 is 0. The zero-order chi connectivity index (χ0) is 14.5. The van der Waals surface area contributed by atoms with Crippen LogP contribution in [0.25, 0.3) is 0 Å². The Morgan fingerprint density at radius 2 is 1.50 bits per heavy atom. The lowest BCUT2D eigenvalue weighted by Gasteiger charge is -2.27. The summed E-state index contributed by atoms with van der Waals surface area (Å²) >= 11 is 0. The number of halogens is 1. The lowest BCUT2D eigenvalue weighted by atomic mass is 9.91. The molecule has 1 fully saturated rings. The third kappa shape index (κ3) is 3.87. The van der Waals surface area contributed by atoms with Crippen molar-refractivity contribution in [3.05, 3.63) is 71.8 Å². The molecular weight excluding hydrogens is 296 g/mol. The van der Waals surface area contributed by atoms with Gasteiger partial charge in [0.15, 0.2) is 0 Å². The van der Waals surface area contributed by atoms with Gasteiger partial charge in [0.25, 0.3) is 0 Å². The highest BCUT2D eigenvalue weighted by molar-refractivity contribution is 5.85. The number of nitrogens with one attached hydrogen (secondary N) is 2. The van der Waals surface area contributed by atoms with E-state index < -0.39 is 0 Å². The molecule has 1 aliphatic heterocycles. The van der Waals surface area contributed by atoms with Gasteiger partial charge in [0.2, 0.25) is 5.91 Å². The molecule has 3 rings (SSSR count). The average molecular weight is 317 g/mol. The Labute approximate surface area is 137 Å². The van der Waals surface area contributed by atoms with E-state index >= 15 is 0 Å². The van der Waals surface area contributed by atoms with Crippen molar-refractivity contribution in [2.24, 2.45) is 5.92 Å². The highest BCUT2D eigenvalue weighted by Crippen LogP contribution is 2.23. The van der Waals surface area contributed by atoms with Gasteiger partial charge in [-0.3, -0.25) is 4.79 Å². The largest absolute Gasteiger partial charge is 0.355 e. The summed E-state index contributed by atoms with van der Waals surface area (Å²) in [5.74, 6) is 0.493. The van der Waals surface area contributed by atoms with Crippen LogP contribution in [-0.4, -0.2) is 25.5 Å². The first-order valence-electron chi connectivity index (χ1n) is 7.43. The van der Waals surface area contributed by atoms with E-state index in [0.717, 1.165) is 13.1 Å². The van der Waals surface area contributed by atoms with E-state index in [1.807, 2.05) is 36.4 Å². The van der Waals surface area contributed by atoms with Gasteiger partial charge in [-0.25, -0.2) is 0 Å². The molecule has 0 saturated carbocycles. The molecule has 116 valence electrons. The Bertz CT molecular complexity index is 545. The molecule has 0 atom stereocenters. The Hall–Kier alpha value is -1.84. The second kappa shape index (κ2) is 7.97. The zero-order valence-electron chi connectivity index (χ0n) is 12.4. The number of benzene rings is 2. The fourth-order valence-electron chi connectivity index (χ4n) is 2.62. The van der Waals surface area contributed by atoms with E-state index in [4.69, 9.17) is 0 Å². The summed E-state index contributed by atoms with van der Waals surface area (Å²) in [5.41, 5.74) is 2.46. The van der Waals surface area contributed by atoms with E-state index in [1.165, 1.54) is 11.1 Å². The van der Waals surface area contributed by atoms with Gasteiger partial charge in [-0.05, 0) is 11.1 Å². The number of carbonyl (C=O) groups is 1. The van der Waals surface area contributed by atoms with Crippen molar-refractivity contribution in [1.82, 2.24) is 10.6 Å². The molecule has 1 amide bonds. The lowest BCUT2D eigenvalue weighted by molar-refractivity contribution is -0.126. The van der Waals surface area contributed by atoms with Gasteiger partial charge in [-0.15, -0.1) is 12.4 Å². The monoisotopic (exact) mass is 316 g/mol. The maximum absolute atomic E-state index is 12.0. The van der Waals surface area contributed by atoms with Crippen molar-refractivity contribution in [2.45, 2.75) is 5.92 Å². The number of rotatable bonds is 5. The molecule has 0 aromatic heterocycles. The maximum Gasteiger partial charge on any atom is 0.225 e. The molecular formula is C18H21ClN2O. The summed E-state index contributed by atoms with van der Waals surface area (Å²) in [6.45, 7) is 2.24. The van der Waals surface area contributed by atoms with Crippen LogP contribution in [0.2, 0.25) is 0 Å². The topological polar surface area (TPSA) is 41.1 Å². The van der Waals surface area contributed by atoms with Gasteiger partial charge < -0.3 is 10.6 Å². The minimum absolute atomic E-state index is 0. The second-order valence-electron chi connectivity index (χ2n) is 5.47. The summed E-state index contributed by atoms with van der Waals surface area (Å²) in [5, 5.41) is 6.24. The molecule has 0 spiro atoms. The highest BCUT2D eigenvalue weighted by atomic mass is 35.5. The van der Waals surface area contributed by atoms with E-state index in [9.17, 15) is 4.79 Å². The number of hydrogen-bond donors (Lipinski definition) is 2. The molecule has 1 aliphatic rings. The molecule has 0 aliphatic carbocycles. The van der Waals surface area contributed by atoms with Crippen LogP contribution in [0.3, 0.4) is 0 Å². The van der Waals surface area contributed by atoms with Crippen LogP contribution < -0.4 is 10.6 Å². The fourth-order valence-corrected chi connectivity index (χ4v) is 2.62. The van der Waals surface area contributed by atoms with Crippen molar-refractivity contribution < 1.29 is 4.79 Å². The third-order valence-corrected chi connectivity index (χ3v) is 4.04. The van der Waals surface area contributed by atoms with Crippen LogP contribution in [0.1, 0.15) is 17.0 Å². The zero-order valence-corrected chi connectivity index (χ0v) is 13.2. The average Bonchev–Trinajstić information content (AvgIpc) is 2.48. The molecule has 1 saturated heterocycles. The first kappa shape index (κ1) is 16.5. The molecule has 0 unspecified atom stereocenters. The van der Waals surface area contributed by atoms with Gasteiger partial charge in [0, 0.05) is 25.6 Å². The molecule has 0 radical (unpaired) electrons. The highest BCUT2D eigenvalue weighted by Gasteiger charge is 2.25. The molecule has 2 aromatic rings. The number of hydrogen-bond acceptors (Lipinski definition) is 2. The van der Waals surface area contributed by atoms with Gasteiger partial charge in [0.05, 0.1) is 5.92 Å². The predicted octanol–water partition coefficient (Wildman–Crippen LogP) is 2.58. The Kier molecular flexibility index (Phi) is 5.99. The summed E-state index contributed by atoms with van der Waals surface area (Å²) in [7, 11) is 0. The van der Waals surface area contributed by atoms with Crippen LogP contribution in [-0.2, 0) is 4.79 Å². The first-order chi connectivity index (χ1) is 10.3. The maximum atomic E-state index is 12.0. The van der Waals surface area contributed by atoms with Gasteiger partial charge in [-0.2, -0.15) is 0 Å². The first-order valence-corrected chi connectivity index (χ1v) is 7.43. The van der Waals surface area contributed by atoms with Gasteiger partial charge >= 0.3 is 0 Å². The summed E-state index contributed by atoms with van der Waals surface area (Å²) in [6.07, 6.45) is 0. The molecule has 1 heterocycles. The SMILES string of the molecule is Cl.O=C(NCC(c1ccccc1)c1ccccc1)C1CNC1. The smallest absolute Gasteiger partial charge is 0.225 e. The molecule has 0 bridgehead atoms. The second-order valence-corrected chi connectivity index (χ2v) is 5.47. The van der Waals surface area contributed by atoms with E-state index in [-0.39, 0.29) is 30.2 Å². The van der Waals surface area contributed by atoms with E-state index in [2.05, 4.69) is 34.9 Å². The predicted molar refractivity (Wildman–Crippen MR) is 91.3 cm³/mol. The minimum Gasteiger partial charge on any atom is -0.355 e. The van der Waals surface area contributed by atoms with E-state index in [0.29, 0.717) is 6.54 Å². The van der Waals surface area contributed by atoms with Crippen molar-refractivity contribution in [3.63, 3.8) is 0 Å². The van der Waals surface area contributed by atoms with Crippen LogP contribution in [0.4, 0.5) is 0 Å². The van der Waals surface area contributed by atoms with Crippen LogP contribution in [0.15, 0.2) is 60.7 Å². The number of carbonyl (C=O) groups excluding carboxylic acids is 1. The normalized spacial score (nSPS) is 14.0. The minimum atomic E-state index is 0. The van der Waals surface area contributed by atoms with Crippen molar-refractivity contribution in [2.75, 3.05) is 19.6 Å². The van der Waals surface area contributed by atoms with Crippen molar-refractivity contribution in [1.29, 1.82) is 0 Å². The van der Waals surface area contributed by atoms with Crippen LogP contribution >= 0.6 is 12.4 Å². The standard InChI is InChI=1S/C18H20N2O.ClH/c21-18(16-11-19-12-16)20-13-17(14-7-3-1-4-8-14)15-9-5-2-6-10-15;/h1-10,16-17,19H,11-13H2,(H,20,21);1H. The van der Waals surface area contributed by atoms with Gasteiger partial charge in [-0.1, -0.05) is 60.7 Å². The van der Waals surface area contributed by atoms with Crippen LogP contribution in [0, 0.1) is 5.92 Å². The molecule has 2 N–H and O–H groups in total. The third-order valence-electron chi connectivity index (χ3n) is 4.04. The Morgan fingerprint density at radius 3 is 1.91 bits per heavy atom. The quantitative estimate of drug-likeness (QED) is 0.890. The number of amides is 1. The molecule has 4 heteroatoms. The Balaban J connectivity index is 0.00000176. The molecule has 3 nitrogen and oxygen atoms in total. The summed E-state index contributed by atoms with van der Waals surface area (Å²) in [6, 6.07) is 20.7. The van der Waals surface area contributed by atoms with Gasteiger partial charge in [0.1, 0.15) is 0 Å². The van der Waals surface area contributed by atoms with Crippen LogP contribution in [0.5, 0.6) is 0 Å². The molecule has 2 aromatic carbocycles. The van der Waals surface area contributed by atoms with Crippen molar-refractivity contribution >= 4 is 18.3 Å².